The van der Waals surface area contributed by atoms with Gasteiger partial charge in [-0.2, -0.15) is 0 Å². The maximum Gasteiger partial charge on any atom is 0.151 e. The fourth-order valence-corrected chi connectivity index (χ4v) is 5.80. The molecule has 4 unspecified atom stereocenters. The Balaban J connectivity index is 1.48. The maximum atomic E-state index is 11.5. The molecule has 0 radical (unpaired) electrons. The van der Waals surface area contributed by atoms with Crippen LogP contribution in [0.1, 0.15) is 38.5 Å². The van der Waals surface area contributed by atoms with Gasteiger partial charge in [0.2, 0.25) is 0 Å². The molecular weight excluding hydrogens is 234 g/mol. The van der Waals surface area contributed by atoms with Gasteiger partial charge in [-0.25, -0.2) is 8.42 Å². The molecular formula is C13H23NO2S. The van der Waals surface area contributed by atoms with Gasteiger partial charge in [-0.05, 0) is 56.4 Å². The molecule has 1 heterocycles. The molecule has 4 atom stereocenters. The van der Waals surface area contributed by atoms with Crippen molar-refractivity contribution < 1.29 is 8.42 Å². The molecule has 3 nitrogen and oxygen atoms in total. The minimum absolute atomic E-state index is 0.230. The van der Waals surface area contributed by atoms with Gasteiger partial charge in [-0.3, -0.25) is 0 Å². The van der Waals surface area contributed by atoms with E-state index in [0.717, 1.165) is 37.1 Å². The maximum absolute atomic E-state index is 11.5. The van der Waals surface area contributed by atoms with Crippen LogP contribution in [0.3, 0.4) is 0 Å². The fraction of sp³-hybridized carbons (Fsp3) is 1.00. The third kappa shape index (κ3) is 2.68. The van der Waals surface area contributed by atoms with E-state index in [1.807, 2.05) is 0 Å². The lowest BCUT2D eigenvalue weighted by Crippen LogP contribution is -2.42. The zero-order chi connectivity index (χ0) is 11.9. The summed E-state index contributed by atoms with van der Waals surface area (Å²) in [6.45, 7) is 1.06. The number of hydrogen-bond donors (Lipinski definition) is 1. The van der Waals surface area contributed by atoms with E-state index in [1.54, 1.807) is 0 Å². The fourth-order valence-electron chi connectivity index (χ4n) is 4.13. The van der Waals surface area contributed by atoms with Gasteiger partial charge in [0.05, 0.1) is 11.5 Å². The summed E-state index contributed by atoms with van der Waals surface area (Å²) in [5, 5.41) is 3.52. The molecule has 1 saturated heterocycles. The zero-order valence-corrected chi connectivity index (χ0v) is 11.2. The number of fused-ring (bicyclic) bond motifs is 2. The van der Waals surface area contributed by atoms with Crippen LogP contribution in [0.15, 0.2) is 0 Å². The lowest BCUT2D eigenvalue weighted by atomic mass is 9.88. The molecule has 2 aliphatic carbocycles. The monoisotopic (exact) mass is 257 g/mol. The second kappa shape index (κ2) is 4.54. The van der Waals surface area contributed by atoms with Crippen LogP contribution in [-0.2, 0) is 9.84 Å². The Labute approximate surface area is 104 Å². The first-order valence-corrected chi connectivity index (χ1v) is 8.88. The standard InChI is InChI=1S/C13H23NO2S/c15-17(16)5-1-2-13(9-17)14-8-12-7-10-3-4-11(12)6-10/h10-14H,1-9H2. The van der Waals surface area contributed by atoms with Gasteiger partial charge in [0.1, 0.15) is 0 Å². The second-order valence-corrected chi connectivity index (χ2v) is 8.53. The van der Waals surface area contributed by atoms with Crippen molar-refractivity contribution in [2.24, 2.45) is 17.8 Å². The van der Waals surface area contributed by atoms with E-state index in [-0.39, 0.29) is 6.04 Å². The van der Waals surface area contributed by atoms with E-state index < -0.39 is 9.84 Å². The smallest absolute Gasteiger partial charge is 0.151 e. The zero-order valence-electron chi connectivity index (χ0n) is 10.4. The minimum atomic E-state index is -2.75. The van der Waals surface area contributed by atoms with Crippen molar-refractivity contribution in [3.8, 4) is 0 Å². The first-order chi connectivity index (χ1) is 8.12. The summed E-state index contributed by atoms with van der Waals surface area (Å²) in [7, 11) is -2.75. The highest BCUT2D eigenvalue weighted by atomic mass is 32.2. The van der Waals surface area contributed by atoms with Gasteiger partial charge in [0.15, 0.2) is 9.84 Å². The summed E-state index contributed by atoms with van der Waals surface area (Å²) in [4.78, 5) is 0. The average molecular weight is 257 g/mol. The summed E-state index contributed by atoms with van der Waals surface area (Å²) in [6.07, 6.45) is 7.57. The molecule has 3 rings (SSSR count). The normalized spacial score (nSPS) is 44.0. The molecule has 3 fully saturated rings. The molecule has 1 N–H and O–H groups in total. The van der Waals surface area contributed by atoms with Crippen LogP contribution < -0.4 is 5.32 Å². The van der Waals surface area contributed by atoms with Gasteiger partial charge in [0, 0.05) is 6.04 Å². The second-order valence-electron chi connectivity index (χ2n) is 6.30. The highest BCUT2D eigenvalue weighted by Gasteiger charge is 2.39. The van der Waals surface area contributed by atoms with E-state index in [9.17, 15) is 8.42 Å². The topological polar surface area (TPSA) is 46.2 Å². The van der Waals surface area contributed by atoms with Crippen LogP contribution in [0, 0.1) is 17.8 Å². The Morgan fingerprint density at radius 2 is 2.00 bits per heavy atom. The van der Waals surface area contributed by atoms with E-state index >= 15 is 0 Å². The predicted molar refractivity (Wildman–Crippen MR) is 68.6 cm³/mol. The van der Waals surface area contributed by atoms with Crippen molar-refractivity contribution in [3.63, 3.8) is 0 Å². The van der Waals surface area contributed by atoms with Crippen molar-refractivity contribution in [1.29, 1.82) is 0 Å². The Bertz CT molecular complexity index is 379. The van der Waals surface area contributed by atoms with Gasteiger partial charge in [0.25, 0.3) is 0 Å². The lowest BCUT2D eigenvalue weighted by molar-refractivity contribution is 0.304. The van der Waals surface area contributed by atoms with Crippen molar-refractivity contribution >= 4 is 9.84 Å². The molecule has 2 saturated carbocycles. The van der Waals surface area contributed by atoms with Crippen LogP contribution in [0.2, 0.25) is 0 Å². The Hall–Kier alpha value is -0.0900. The van der Waals surface area contributed by atoms with Gasteiger partial charge in [-0.1, -0.05) is 6.42 Å². The van der Waals surface area contributed by atoms with Crippen LogP contribution in [0.4, 0.5) is 0 Å². The van der Waals surface area contributed by atoms with E-state index in [4.69, 9.17) is 0 Å². The van der Waals surface area contributed by atoms with E-state index in [1.165, 1.54) is 25.7 Å². The largest absolute Gasteiger partial charge is 0.313 e. The van der Waals surface area contributed by atoms with Crippen LogP contribution in [0.25, 0.3) is 0 Å². The van der Waals surface area contributed by atoms with Crippen LogP contribution >= 0.6 is 0 Å². The lowest BCUT2D eigenvalue weighted by Gasteiger charge is -2.27. The third-order valence-corrected chi connectivity index (χ3v) is 6.84. The molecule has 98 valence electrons. The summed E-state index contributed by atoms with van der Waals surface area (Å²) >= 11 is 0. The number of hydrogen-bond acceptors (Lipinski definition) is 3. The number of rotatable bonds is 3. The van der Waals surface area contributed by atoms with E-state index in [2.05, 4.69) is 5.32 Å². The van der Waals surface area contributed by atoms with E-state index in [0.29, 0.717) is 11.5 Å². The molecule has 17 heavy (non-hydrogen) atoms. The summed E-state index contributed by atoms with van der Waals surface area (Å²) in [5.74, 6) is 3.53. The average Bonchev–Trinajstić information content (AvgIpc) is 2.86. The summed E-state index contributed by atoms with van der Waals surface area (Å²) in [5.41, 5.74) is 0. The van der Waals surface area contributed by atoms with Gasteiger partial charge < -0.3 is 5.32 Å². The van der Waals surface area contributed by atoms with Crippen molar-refractivity contribution in [1.82, 2.24) is 5.32 Å². The SMILES string of the molecule is O=S1(=O)CCCC(NCC2CC3CCC2C3)C1. The molecule has 0 aromatic carbocycles. The Morgan fingerprint density at radius 1 is 1.12 bits per heavy atom. The predicted octanol–water partition coefficient (Wildman–Crippen LogP) is 1.59. The molecule has 4 heteroatoms. The highest BCUT2D eigenvalue weighted by Crippen LogP contribution is 2.47. The molecule has 0 amide bonds. The number of sulfone groups is 1. The Kier molecular flexibility index (Phi) is 3.20. The minimum Gasteiger partial charge on any atom is -0.313 e. The van der Waals surface area contributed by atoms with Crippen molar-refractivity contribution in [2.45, 2.75) is 44.6 Å². The van der Waals surface area contributed by atoms with Gasteiger partial charge >= 0.3 is 0 Å². The molecule has 0 aromatic rings. The first kappa shape index (κ1) is 12.0. The molecule has 3 aliphatic rings. The molecule has 0 spiro atoms. The Morgan fingerprint density at radius 3 is 2.65 bits per heavy atom. The molecule has 2 bridgehead atoms. The van der Waals surface area contributed by atoms with Gasteiger partial charge in [-0.15, -0.1) is 0 Å². The van der Waals surface area contributed by atoms with Crippen molar-refractivity contribution in [2.75, 3.05) is 18.1 Å². The summed E-state index contributed by atoms with van der Waals surface area (Å²) in [6, 6.07) is 0.230. The summed E-state index contributed by atoms with van der Waals surface area (Å²) < 4.78 is 23.1. The van der Waals surface area contributed by atoms with Crippen LogP contribution in [-0.4, -0.2) is 32.5 Å². The van der Waals surface area contributed by atoms with Crippen molar-refractivity contribution in [3.05, 3.63) is 0 Å². The number of nitrogens with one attached hydrogen (secondary N) is 1. The molecule has 0 aromatic heterocycles. The van der Waals surface area contributed by atoms with Crippen LogP contribution in [0.5, 0.6) is 0 Å². The third-order valence-electron chi connectivity index (χ3n) is 5.02. The molecule has 1 aliphatic heterocycles. The highest BCUT2D eigenvalue weighted by molar-refractivity contribution is 7.91. The quantitative estimate of drug-likeness (QED) is 0.835. The first-order valence-electron chi connectivity index (χ1n) is 7.06.